The number of hydrogen-bond donors (Lipinski definition) is 3. The normalized spacial score (nSPS) is 12.6. The molecule has 0 aliphatic rings. The molecule has 10 heteroatoms. The smallest absolute Gasteiger partial charge is 0.408 e. The van der Waals surface area contributed by atoms with Crippen molar-refractivity contribution >= 4 is 35.2 Å². The predicted octanol–water partition coefficient (Wildman–Crippen LogP) is 4.18. The Balaban J connectivity index is 2.54. The molecule has 3 amide bonds. The first-order chi connectivity index (χ1) is 17.3. The maximum Gasteiger partial charge on any atom is 0.408 e. The summed E-state index contributed by atoms with van der Waals surface area (Å²) in [6, 6.07) is 9.70. The van der Waals surface area contributed by atoms with Gasteiger partial charge in [-0.3, -0.25) is 9.59 Å². The van der Waals surface area contributed by atoms with E-state index in [0.29, 0.717) is 27.4 Å². The molecule has 0 aliphatic carbocycles. The number of carbonyl (C=O) groups is 3. The highest BCUT2D eigenvalue weighted by Gasteiger charge is 2.37. The lowest BCUT2D eigenvalue weighted by molar-refractivity contribution is -0.140. The molecule has 0 radical (unpaired) electrons. The minimum absolute atomic E-state index is 0.311. The average Bonchev–Trinajstić information content (AvgIpc) is 2.79. The van der Waals surface area contributed by atoms with E-state index in [4.69, 9.17) is 16.3 Å². The molecule has 2 aromatic carbocycles. The van der Waals surface area contributed by atoms with Crippen molar-refractivity contribution in [3.05, 3.63) is 63.7 Å². The molecule has 198 valence electrons. The van der Waals surface area contributed by atoms with E-state index in [9.17, 15) is 24.8 Å². The molecule has 0 saturated carbocycles. The first kappa shape index (κ1) is 29.6. The van der Waals surface area contributed by atoms with Crippen molar-refractivity contribution in [1.82, 2.24) is 10.2 Å². The van der Waals surface area contributed by atoms with Crippen LogP contribution < -0.4 is 10.6 Å². The van der Waals surface area contributed by atoms with Gasteiger partial charge in [-0.15, -0.1) is 0 Å². The monoisotopic (exact) mass is 528 g/mol. The Hall–Kier alpha value is -3.61. The maximum absolute atomic E-state index is 13.7. The molecular weight excluding hydrogens is 496 g/mol. The number of alkyl carbamates (subject to hydrolysis) is 1. The third kappa shape index (κ3) is 7.94. The van der Waals surface area contributed by atoms with Gasteiger partial charge >= 0.3 is 6.09 Å². The molecule has 9 nitrogen and oxygen atoms in total. The molecule has 2 atom stereocenters. The molecule has 0 heterocycles. The fraction of sp³-hybridized carbons (Fsp3) is 0.407. The summed E-state index contributed by atoms with van der Waals surface area (Å²) < 4.78 is 5.20. The Morgan fingerprint density at radius 3 is 2.35 bits per heavy atom. The van der Waals surface area contributed by atoms with Crippen LogP contribution in [0.3, 0.4) is 0 Å². The highest BCUT2D eigenvalue weighted by Crippen LogP contribution is 2.30. The fourth-order valence-electron chi connectivity index (χ4n) is 3.77. The topological polar surface area (TPSA) is 132 Å². The molecule has 3 N–H and O–H groups in total. The number of hydrogen-bond acceptors (Lipinski definition) is 6. The van der Waals surface area contributed by atoms with Crippen LogP contribution in [-0.2, 0) is 14.3 Å². The number of amides is 3. The molecular formula is C27H33ClN4O5. The zero-order chi connectivity index (χ0) is 27.9. The maximum atomic E-state index is 13.7. The molecule has 2 unspecified atom stereocenters. The number of halogens is 1. The van der Waals surface area contributed by atoms with Gasteiger partial charge in [0.05, 0.1) is 23.4 Å². The van der Waals surface area contributed by atoms with Gasteiger partial charge in [-0.2, -0.15) is 5.26 Å². The van der Waals surface area contributed by atoms with Gasteiger partial charge in [-0.05, 0) is 64.3 Å². The number of anilines is 1. The number of aliphatic hydroxyl groups excluding tert-OH is 1. The van der Waals surface area contributed by atoms with Crippen molar-refractivity contribution in [2.24, 2.45) is 0 Å². The predicted molar refractivity (Wildman–Crippen MR) is 141 cm³/mol. The second kappa shape index (κ2) is 12.6. The Morgan fingerprint density at radius 1 is 1.14 bits per heavy atom. The van der Waals surface area contributed by atoms with Crippen molar-refractivity contribution in [1.29, 1.82) is 5.26 Å². The second-order valence-corrected chi connectivity index (χ2v) is 10.1. The number of rotatable bonds is 8. The van der Waals surface area contributed by atoms with Crippen LogP contribution in [0.25, 0.3) is 0 Å². The summed E-state index contributed by atoms with van der Waals surface area (Å²) in [6.07, 6.45) is -0.920. The number of nitrogens with one attached hydrogen (secondary N) is 2. The van der Waals surface area contributed by atoms with Crippen LogP contribution in [0.15, 0.2) is 36.4 Å². The lowest BCUT2D eigenvalue weighted by atomic mass is 9.96. The van der Waals surface area contributed by atoms with Gasteiger partial charge in [-0.25, -0.2) is 4.79 Å². The minimum Gasteiger partial charge on any atom is -0.444 e. The van der Waals surface area contributed by atoms with Gasteiger partial charge in [-0.1, -0.05) is 47.5 Å². The van der Waals surface area contributed by atoms with Crippen LogP contribution in [0.2, 0.25) is 5.02 Å². The van der Waals surface area contributed by atoms with Crippen LogP contribution in [0.1, 0.15) is 49.1 Å². The Labute approximate surface area is 222 Å². The Morgan fingerprint density at radius 2 is 1.81 bits per heavy atom. The Bertz CT molecular complexity index is 1180. The summed E-state index contributed by atoms with van der Waals surface area (Å²) in [5.74, 6) is -1.44. The zero-order valence-electron chi connectivity index (χ0n) is 21.9. The molecule has 0 bridgehead atoms. The van der Waals surface area contributed by atoms with Crippen LogP contribution in [0.4, 0.5) is 10.5 Å². The number of aliphatic hydroxyl groups is 1. The molecule has 2 aromatic rings. The molecule has 0 aliphatic heterocycles. The van der Waals surface area contributed by atoms with E-state index in [-0.39, 0.29) is 0 Å². The second-order valence-electron chi connectivity index (χ2n) is 9.69. The third-order valence-corrected chi connectivity index (χ3v) is 5.76. The van der Waals surface area contributed by atoms with Crippen molar-refractivity contribution in [3.63, 3.8) is 0 Å². The van der Waals surface area contributed by atoms with E-state index in [1.807, 2.05) is 19.1 Å². The van der Waals surface area contributed by atoms with Crippen molar-refractivity contribution < 1.29 is 24.2 Å². The van der Waals surface area contributed by atoms with Gasteiger partial charge in [0.2, 0.25) is 5.91 Å². The van der Waals surface area contributed by atoms with E-state index in [0.717, 1.165) is 10.5 Å². The minimum atomic E-state index is -1.45. The van der Waals surface area contributed by atoms with Crippen molar-refractivity contribution in [2.45, 2.75) is 59.2 Å². The van der Waals surface area contributed by atoms with Crippen LogP contribution in [-0.4, -0.2) is 52.7 Å². The van der Waals surface area contributed by atoms with Gasteiger partial charge in [0.1, 0.15) is 24.2 Å². The third-order valence-electron chi connectivity index (χ3n) is 5.45. The highest BCUT2D eigenvalue weighted by atomic mass is 35.5. The van der Waals surface area contributed by atoms with Crippen molar-refractivity contribution in [2.75, 3.05) is 18.5 Å². The lowest BCUT2D eigenvalue weighted by Gasteiger charge is -2.33. The van der Waals surface area contributed by atoms with E-state index in [1.54, 1.807) is 65.0 Å². The number of benzene rings is 2. The van der Waals surface area contributed by atoms with Gasteiger partial charge in [0, 0.05) is 0 Å². The van der Waals surface area contributed by atoms with Crippen LogP contribution >= 0.6 is 11.6 Å². The van der Waals surface area contributed by atoms with Gasteiger partial charge in [0.25, 0.3) is 5.91 Å². The quantitative estimate of drug-likeness (QED) is 0.440. The number of carbonyl (C=O) groups excluding carboxylic acids is 3. The molecule has 0 spiro atoms. The summed E-state index contributed by atoms with van der Waals surface area (Å²) in [7, 11) is 0. The van der Waals surface area contributed by atoms with E-state index < -0.39 is 48.7 Å². The first-order valence-corrected chi connectivity index (χ1v) is 12.1. The number of para-hydroxylation sites is 1. The number of nitriles is 1. The van der Waals surface area contributed by atoms with Crippen LogP contribution in [0.5, 0.6) is 0 Å². The molecule has 37 heavy (non-hydrogen) atoms. The summed E-state index contributed by atoms with van der Waals surface area (Å²) in [6.45, 7) is 9.16. The van der Waals surface area contributed by atoms with E-state index in [2.05, 4.69) is 10.6 Å². The average molecular weight is 529 g/mol. The Kier molecular flexibility index (Phi) is 10.1. The zero-order valence-corrected chi connectivity index (χ0v) is 22.6. The summed E-state index contributed by atoms with van der Waals surface area (Å²) in [4.78, 5) is 40.7. The standard InChI is InChI=1S/C27H33ClN4O5/c1-16-10-11-19(18(3)14-16)23(24(34)31-22-17(2)8-7-9-20(22)28)32(13-12-29)25(35)21(15-33)30-26(36)37-27(4,5)6/h7-11,14,21,23,33H,13,15H2,1-6H3,(H,30,36)(H,31,34). The number of aryl methyl sites for hydroxylation is 3. The van der Waals surface area contributed by atoms with Gasteiger partial charge in [0.15, 0.2) is 0 Å². The largest absolute Gasteiger partial charge is 0.444 e. The van der Waals surface area contributed by atoms with Gasteiger partial charge < -0.3 is 25.4 Å². The lowest BCUT2D eigenvalue weighted by Crippen LogP contribution is -2.54. The summed E-state index contributed by atoms with van der Waals surface area (Å²) in [5.41, 5.74) is 2.38. The molecule has 0 aromatic heterocycles. The summed E-state index contributed by atoms with van der Waals surface area (Å²) in [5, 5.41) is 24.9. The highest BCUT2D eigenvalue weighted by molar-refractivity contribution is 6.34. The van der Waals surface area contributed by atoms with Crippen molar-refractivity contribution in [3.8, 4) is 6.07 Å². The van der Waals surface area contributed by atoms with E-state index in [1.165, 1.54) is 0 Å². The summed E-state index contributed by atoms with van der Waals surface area (Å²) >= 11 is 6.32. The van der Waals surface area contributed by atoms with E-state index >= 15 is 0 Å². The molecule has 2 rings (SSSR count). The SMILES string of the molecule is Cc1ccc(C(C(=O)Nc2c(C)cccc2Cl)N(CC#N)C(=O)C(CO)NC(=O)OC(C)(C)C)c(C)c1. The van der Waals surface area contributed by atoms with Crippen LogP contribution in [0, 0.1) is 32.1 Å². The first-order valence-electron chi connectivity index (χ1n) is 11.7. The molecule has 0 saturated heterocycles. The molecule has 0 fully saturated rings. The number of nitrogens with zero attached hydrogens (tertiary/aromatic N) is 2. The fourth-order valence-corrected chi connectivity index (χ4v) is 4.04. The number of ether oxygens (including phenoxy) is 1.